The smallest absolute Gasteiger partial charge is 0.136 e. The second kappa shape index (κ2) is 13.9. The van der Waals surface area contributed by atoms with Gasteiger partial charge in [-0.1, -0.05) is 188 Å². The van der Waals surface area contributed by atoms with E-state index in [1.165, 1.54) is 77.9 Å². The predicted octanol–water partition coefficient (Wildman–Crippen LogP) is 16.4. The summed E-state index contributed by atoms with van der Waals surface area (Å²) in [5.74, 6) is 0. The molecule has 0 unspecified atom stereocenters. The van der Waals surface area contributed by atoms with Gasteiger partial charge in [0.25, 0.3) is 0 Å². The van der Waals surface area contributed by atoms with Gasteiger partial charge >= 0.3 is 0 Å². The normalized spacial score (nSPS) is 12.9. The first-order valence-electron chi connectivity index (χ1n) is 21.8. The summed E-state index contributed by atoms with van der Waals surface area (Å²) in [4.78, 5) is 2.37. The standard InChI is InChI=1S/C61H39NO/c1-4-16-40(17-5-1)42-28-32-45(33-29-42)62(46-34-30-43(31-35-46)41-18-6-2-7-19-41)47-36-37-56-51(38-47)60-57(63-56)39-55-59(58(60)44-20-8-3-9-21-44)50-24-12-15-27-54(50)61(55)52-25-13-10-22-48(52)49-23-11-14-26-53(49)61/h1-39H. The summed E-state index contributed by atoms with van der Waals surface area (Å²) in [7, 11) is 0. The predicted molar refractivity (Wildman–Crippen MR) is 261 cm³/mol. The Balaban J connectivity index is 1.07. The van der Waals surface area contributed by atoms with Crippen LogP contribution in [-0.4, -0.2) is 0 Å². The van der Waals surface area contributed by atoms with Crippen molar-refractivity contribution >= 4 is 39.0 Å². The first-order valence-corrected chi connectivity index (χ1v) is 21.8. The van der Waals surface area contributed by atoms with Crippen molar-refractivity contribution in [1.82, 2.24) is 0 Å². The third kappa shape index (κ3) is 5.25. The van der Waals surface area contributed by atoms with Gasteiger partial charge in [-0.05, 0) is 121 Å². The molecule has 63 heavy (non-hydrogen) atoms. The monoisotopic (exact) mass is 801 g/mol. The molecular formula is C61H39NO. The van der Waals surface area contributed by atoms with Crippen molar-refractivity contribution in [2.45, 2.75) is 5.41 Å². The van der Waals surface area contributed by atoms with Gasteiger partial charge in [0.2, 0.25) is 0 Å². The van der Waals surface area contributed by atoms with Gasteiger partial charge in [-0.3, -0.25) is 0 Å². The van der Waals surface area contributed by atoms with Crippen LogP contribution < -0.4 is 4.90 Å². The molecule has 0 fully saturated rings. The number of furan rings is 1. The maximum Gasteiger partial charge on any atom is 0.136 e. The number of nitrogens with zero attached hydrogens (tertiary/aromatic N) is 1. The number of anilines is 3. The highest BCUT2D eigenvalue weighted by Gasteiger charge is 2.52. The van der Waals surface area contributed by atoms with Crippen LogP contribution in [-0.2, 0) is 5.41 Å². The van der Waals surface area contributed by atoms with E-state index in [2.05, 4.69) is 241 Å². The van der Waals surface area contributed by atoms with Gasteiger partial charge in [-0.15, -0.1) is 0 Å². The molecule has 1 aromatic heterocycles. The molecule has 10 aromatic carbocycles. The molecule has 0 saturated carbocycles. The lowest BCUT2D eigenvalue weighted by Gasteiger charge is -2.30. The molecule has 0 bridgehead atoms. The molecule has 2 heteroatoms. The van der Waals surface area contributed by atoms with E-state index in [-0.39, 0.29) is 0 Å². The molecule has 13 rings (SSSR count). The van der Waals surface area contributed by atoms with E-state index in [4.69, 9.17) is 4.42 Å². The molecule has 294 valence electrons. The average molecular weight is 802 g/mol. The summed E-state index contributed by atoms with van der Waals surface area (Å²) in [6, 6.07) is 86.1. The third-order valence-corrected chi connectivity index (χ3v) is 13.5. The zero-order chi connectivity index (χ0) is 41.5. The SMILES string of the molecule is c1ccc(-c2ccc(N(c3ccc(-c4ccccc4)cc3)c3ccc4oc5cc6c(c(-c7ccccc7)c5c4c3)-c3ccccc3C63c4ccccc4-c4ccccc43)cc2)cc1. The second-order valence-corrected chi connectivity index (χ2v) is 16.7. The number of hydrogen-bond donors (Lipinski definition) is 0. The van der Waals surface area contributed by atoms with Crippen molar-refractivity contribution in [1.29, 1.82) is 0 Å². The lowest BCUT2D eigenvalue weighted by atomic mass is 9.70. The van der Waals surface area contributed by atoms with Crippen LogP contribution in [0, 0.1) is 0 Å². The number of rotatable bonds is 6. The minimum atomic E-state index is -0.490. The van der Waals surface area contributed by atoms with Gasteiger partial charge in [0.1, 0.15) is 11.2 Å². The highest BCUT2D eigenvalue weighted by molar-refractivity contribution is 6.19. The van der Waals surface area contributed by atoms with Crippen LogP contribution in [0.1, 0.15) is 22.3 Å². The summed E-state index contributed by atoms with van der Waals surface area (Å²) in [6.07, 6.45) is 0. The van der Waals surface area contributed by atoms with E-state index in [0.717, 1.165) is 39.0 Å². The number of hydrogen-bond acceptors (Lipinski definition) is 2. The Kier molecular flexibility index (Phi) is 7.85. The molecule has 2 nitrogen and oxygen atoms in total. The van der Waals surface area contributed by atoms with Crippen molar-refractivity contribution in [3.63, 3.8) is 0 Å². The van der Waals surface area contributed by atoms with Crippen molar-refractivity contribution in [3.05, 3.63) is 259 Å². The largest absolute Gasteiger partial charge is 0.456 e. The van der Waals surface area contributed by atoms with Crippen LogP contribution in [0.3, 0.4) is 0 Å². The van der Waals surface area contributed by atoms with Gasteiger partial charge in [-0.2, -0.15) is 0 Å². The molecule has 1 spiro atoms. The summed E-state index contributed by atoms with van der Waals surface area (Å²) < 4.78 is 7.07. The van der Waals surface area contributed by atoms with Gasteiger partial charge < -0.3 is 9.32 Å². The molecule has 11 aromatic rings. The Hall–Kier alpha value is -8.20. The number of benzene rings is 10. The van der Waals surface area contributed by atoms with Crippen molar-refractivity contribution in [3.8, 4) is 55.6 Å². The number of fused-ring (bicyclic) bond motifs is 13. The van der Waals surface area contributed by atoms with E-state index in [9.17, 15) is 0 Å². The minimum absolute atomic E-state index is 0.490. The summed E-state index contributed by atoms with van der Waals surface area (Å²) >= 11 is 0. The Morgan fingerprint density at radius 1 is 0.302 bits per heavy atom. The first kappa shape index (κ1) is 35.5. The molecule has 0 aliphatic heterocycles. The maximum absolute atomic E-state index is 7.07. The molecule has 1 heterocycles. The van der Waals surface area contributed by atoms with E-state index in [1.807, 2.05) is 0 Å². The lowest BCUT2D eigenvalue weighted by Crippen LogP contribution is -2.25. The fraction of sp³-hybridized carbons (Fsp3) is 0.0164. The van der Waals surface area contributed by atoms with Gasteiger partial charge in [0.15, 0.2) is 0 Å². The Morgan fingerprint density at radius 2 is 0.730 bits per heavy atom. The molecule has 2 aliphatic rings. The summed E-state index contributed by atoms with van der Waals surface area (Å²) in [5.41, 5.74) is 22.0. The highest BCUT2D eigenvalue weighted by atomic mass is 16.3. The Labute approximate surface area is 366 Å². The first-order chi connectivity index (χ1) is 31.3. The lowest BCUT2D eigenvalue weighted by molar-refractivity contribution is 0.666. The van der Waals surface area contributed by atoms with Crippen LogP contribution in [0.2, 0.25) is 0 Å². The molecule has 0 radical (unpaired) electrons. The molecule has 0 saturated heterocycles. The van der Waals surface area contributed by atoms with Gasteiger partial charge in [-0.25, -0.2) is 0 Å². The molecule has 0 amide bonds. The topological polar surface area (TPSA) is 16.4 Å². The summed E-state index contributed by atoms with van der Waals surface area (Å²) in [5, 5.41) is 2.21. The zero-order valence-electron chi connectivity index (χ0n) is 34.4. The second-order valence-electron chi connectivity index (χ2n) is 16.7. The van der Waals surface area contributed by atoms with E-state index < -0.39 is 5.41 Å². The van der Waals surface area contributed by atoms with Gasteiger partial charge in [0, 0.05) is 33.4 Å². The van der Waals surface area contributed by atoms with Gasteiger partial charge in [0.05, 0.1) is 5.41 Å². The average Bonchev–Trinajstić information content (AvgIpc) is 3.98. The summed E-state index contributed by atoms with van der Waals surface area (Å²) in [6.45, 7) is 0. The van der Waals surface area contributed by atoms with E-state index in [0.29, 0.717) is 0 Å². The van der Waals surface area contributed by atoms with Crippen LogP contribution in [0.4, 0.5) is 17.1 Å². The molecule has 0 atom stereocenters. The fourth-order valence-electron chi connectivity index (χ4n) is 10.8. The van der Waals surface area contributed by atoms with Crippen LogP contribution in [0.5, 0.6) is 0 Å². The van der Waals surface area contributed by atoms with Crippen molar-refractivity contribution in [2.75, 3.05) is 4.90 Å². The van der Waals surface area contributed by atoms with Crippen molar-refractivity contribution < 1.29 is 4.42 Å². The molecule has 2 aliphatic carbocycles. The molecule has 0 N–H and O–H groups in total. The maximum atomic E-state index is 7.07. The van der Waals surface area contributed by atoms with Crippen LogP contribution in [0.25, 0.3) is 77.6 Å². The zero-order valence-corrected chi connectivity index (χ0v) is 34.4. The fourth-order valence-corrected chi connectivity index (χ4v) is 10.8. The van der Waals surface area contributed by atoms with Crippen LogP contribution >= 0.6 is 0 Å². The Bertz CT molecular complexity index is 3400. The molecular weight excluding hydrogens is 763 g/mol. The van der Waals surface area contributed by atoms with Crippen LogP contribution in [0.15, 0.2) is 241 Å². The third-order valence-electron chi connectivity index (χ3n) is 13.5. The highest BCUT2D eigenvalue weighted by Crippen LogP contribution is 2.65. The van der Waals surface area contributed by atoms with Crippen molar-refractivity contribution in [2.24, 2.45) is 0 Å². The minimum Gasteiger partial charge on any atom is -0.456 e. The van der Waals surface area contributed by atoms with E-state index in [1.54, 1.807) is 0 Å². The quantitative estimate of drug-likeness (QED) is 0.167. The van der Waals surface area contributed by atoms with E-state index >= 15 is 0 Å². The Morgan fingerprint density at radius 3 is 1.27 bits per heavy atom.